The van der Waals surface area contributed by atoms with Gasteiger partial charge in [-0.05, 0) is 36.4 Å². The van der Waals surface area contributed by atoms with Crippen molar-refractivity contribution in [3.8, 4) is 5.75 Å². The lowest BCUT2D eigenvalue weighted by atomic mass is 10.2. The second-order valence-electron chi connectivity index (χ2n) is 3.51. The average molecular weight is 230 g/mol. The van der Waals surface area contributed by atoms with Gasteiger partial charge in [-0.1, -0.05) is 12.1 Å². The normalized spacial score (nSPS) is 9.76. The number of anilines is 3. The molecule has 4 nitrogen and oxygen atoms in total. The Morgan fingerprint density at radius 3 is 2.18 bits per heavy atom. The van der Waals surface area contributed by atoms with Crippen LogP contribution >= 0.6 is 0 Å². The van der Waals surface area contributed by atoms with Crippen molar-refractivity contribution < 1.29 is 9.94 Å². The van der Waals surface area contributed by atoms with E-state index in [9.17, 15) is 0 Å². The van der Waals surface area contributed by atoms with E-state index in [0.29, 0.717) is 5.69 Å². The summed E-state index contributed by atoms with van der Waals surface area (Å²) in [7, 11) is 1.63. The van der Waals surface area contributed by atoms with Crippen molar-refractivity contribution in [3.05, 3.63) is 48.5 Å². The summed E-state index contributed by atoms with van der Waals surface area (Å²) < 4.78 is 5.08. The van der Waals surface area contributed by atoms with E-state index in [2.05, 4.69) is 10.8 Å². The van der Waals surface area contributed by atoms with E-state index in [1.807, 2.05) is 42.5 Å². The molecule has 0 bridgehead atoms. The van der Waals surface area contributed by atoms with Crippen LogP contribution in [-0.4, -0.2) is 12.3 Å². The lowest BCUT2D eigenvalue weighted by Gasteiger charge is -2.11. The first-order valence-electron chi connectivity index (χ1n) is 5.23. The zero-order valence-corrected chi connectivity index (χ0v) is 9.47. The molecule has 0 heterocycles. The minimum atomic E-state index is 0.628. The van der Waals surface area contributed by atoms with E-state index in [-0.39, 0.29) is 0 Å². The highest BCUT2D eigenvalue weighted by atomic mass is 16.5. The van der Waals surface area contributed by atoms with Crippen LogP contribution < -0.4 is 15.5 Å². The maximum Gasteiger partial charge on any atom is 0.119 e. The summed E-state index contributed by atoms with van der Waals surface area (Å²) in [6.45, 7) is 0. The zero-order valence-electron chi connectivity index (χ0n) is 9.47. The third kappa shape index (κ3) is 2.68. The maximum atomic E-state index is 8.97. The first-order chi connectivity index (χ1) is 8.33. The quantitative estimate of drug-likeness (QED) is 0.706. The van der Waals surface area contributed by atoms with E-state index in [0.717, 1.165) is 17.1 Å². The first-order valence-corrected chi connectivity index (χ1v) is 5.23. The van der Waals surface area contributed by atoms with E-state index in [4.69, 9.17) is 9.94 Å². The van der Waals surface area contributed by atoms with Gasteiger partial charge in [0.1, 0.15) is 5.75 Å². The number of benzene rings is 2. The van der Waals surface area contributed by atoms with Crippen molar-refractivity contribution in [2.75, 3.05) is 17.9 Å². The van der Waals surface area contributed by atoms with Crippen molar-refractivity contribution in [2.24, 2.45) is 0 Å². The second-order valence-corrected chi connectivity index (χ2v) is 3.51. The second kappa shape index (κ2) is 5.23. The third-order valence-electron chi connectivity index (χ3n) is 2.42. The molecule has 4 heteroatoms. The highest BCUT2D eigenvalue weighted by molar-refractivity contribution is 5.73. The Morgan fingerprint density at radius 1 is 0.941 bits per heavy atom. The zero-order chi connectivity index (χ0) is 12.1. The SMILES string of the molecule is COc1ccc(Nc2ccccc2NO)cc1. The average Bonchev–Trinajstić information content (AvgIpc) is 2.40. The topological polar surface area (TPSA) is 53.5 Å². The van der Waals surface area contributed by atoms with E-state index >= 15 is 0 Å². The van der Waals surface area contributed by atoms with Crippen molar-refractivity contribution in [1.82, 2.24) is 0 Å². The Balaban J connectivity index is 2.19. The molecule has 2 aromatic rings. The van der Waals surface area contributed by atoms with Crippen LogP contribution in [0.2, 0.25) is 0 Å². The molecule has 0 radical (unpaired) electrons. The van der Waals surface area contributed by atoms with Crippen molar-refractivity contribution in [2.45, 2.75) is 0 Å². The van der Waals surface area contributed by atoms with Crippen LogP contribution in [0.25, 0.3) is 0 Å². The van der Waals surface area contributed by atoms with Gasteiger partial charge in [0.25, 0.3) is 0 Å². The fourth-order valence-corrected chi connectivity index (χ4v) is 1.52. The third-order valence-corrected chi connectivity index (χ3v) is 2.42. The Hall–Kier alpha value is -2.20. The van der Waals surface area contributed by atoms with E-state index < -0.39 is 0 Å². The lowest BCUT2D eigenvalue weighted by molar-refractivity contribution is 0.389. The number of hydrogen-bond acceptors (Lipinski definition) is 4. The summed E-state index contributed by atoms with van der Waals surface area (Å²) in [5.41, 5.74) is 4.51. The number of methoxy groups -OCH3 is 1. The fraction of sp³-hybridized carbons (Fsp3) is 0.0769. The molecule has 0 fully saturated rings. The summed E-state index contributed by atoms with van der Waals surface area (Å²) in [5, 5.41) is 12.2. The first kappa shape index (κ1) is 11.3. The van der Waals surface area contributed by atoms with Gasteiger partial charge in [-0.15, -0.1) is 0 Å². The molecule has 2 aromatic carbocycles. The van der Waals surface area contributed by atoms with Gasteiger partial charge in [0.15, 0.2) is 0 Å². The van der Waals surface area contributed by atoms with Crippen LogP contribution in [0.4, 0.5) is 17.1 Å². The molecule has 0 unspecified atom stereocenters. The number of nitrogens with one attached hydrogen (secondary N) is 2. The molecule has 0 saturated heterocycles. The fourth-order valence-electron chi connectivity index (χ4n) is 1.52. The molecule has 0 aromatic heterocycles. The van der Waals surface area contributed by atoms with Gasteiger partial charge in [-0.3, -0.25) is 10.7 Å². The van der Waals surface area contributed by atoms with Gasteiger partial charge < -0.3 is 10.1 Å². The van der Waals surface area contributed by atoms with Gasteiger partial charge in [-0.2, -0.15) is 0 Å². The summed E-state index contributed by atoms with van der Waals surface area (Å²) in [6, 6.07) is 15.0. The smallest absolute Gasteiger partial charge is 0.119 e. The summed E-state index contributed by atoms with van der Waals surface area (Å²) in [4.78, 5) is 0. The highest BCUT2D eigenvalue weighted by Crippen LogP contribution is 2.25. The van der Waals surface area contributed by atoms with E-state index in [1.165, 1.54) is 0 Å². The molecule has 0 spiro atoms. The Labute approximate surface area is 99.8 Å². The largest absolute Gasteiger partial charge is 0.497 e. The molecule has 0 amide bonds. The van der Waals surface area contributed by atoms with Crippen molar-refractivity contribution in [1.29, 1.82) is 0 Å². The van der Waals surface area contributed by atoms with Gasteiger partial charge >= 0.3 is 0 Å². The van der Waals surface area contributed by atoms with E-state index in [1.54, 1.807) is 13.2 Å². The standard InChI is InChI=1S/C13H14N2O2/c1-17-11-8-6-10(7-9-11)14-12-4-2-3-5-13(12)15-16/h2-9,14-16H,1H3. The predicted molar refractivity (Wildman–Crippen MR) is 68.1 cm³/mol. The van der Waals surface area contributed by atoms with Gasteiger partial charge in [0, 0.05) is 5.69 Å². The number of ether oxygens (including phenoxy) is 1. The number of rotatable bonds is 4. The van der Waals surface area contributed by atoms with Crippen LogP contribution in [0.15, 0.2) is 48.5 Å². The lowest BCUT2D eigenvalue weighted by Crippen LogP contribution is -1.97. The van der Waals surface area contributed by atoms with Crippen LogP contribution in [0, 0.1) is 0 Å². The molecule has 0 aliphatic rings. The molecule has 0 aliphatic carbocycles. The summed E-state index contributed by atoms with van der Waals surface area (Å²) >= 11 is 0. The monoisotopic (exact) mass is 230 g/mol. The molecule has 0 atom stereocenters. The molecule has 17 heavy (non-hydrogen) atoms. The predicted octanol–water partition coefficient (Wildman–Crippen LogP) is 3.24. The van der Waals surface area contributed by atoms with Crippen LogP contribution in [0.5, 0.6) is 5.75 Å². The summed E-state index contributed by atoms with van der Waals surface area (Å²) in [6.07, 6.45) is 0. The molecule has 0 aliphatic heterocycles. The van der Waals surface area contributed by atoms with Gasteiger partial charge in [-0.25, -0.2) is 0 Å². The van der Waals surface area contributed by atoms with Crippen LogP contribution in [-0.2, 0) is 0 Å². The number of hydrogen-bond donors (Lipinski definition) is 3. The summed E-state index contributed by atoms with van der Waals surface area (Å²) in [5.74, 6) is 0.809. The van der Waals surface area contributed by atoms with Crippen molar-refractivity contribution >= 4 is 17.1 Å². The number of para-hydroxylation sites is 2. The van der Waals surface area contributed by atoms with Crippen LogP contribution in [0.1, 0.15) is 0 Å². The molecule has 2 rings (SSSR count). The minimum Gasteiger partial charge on any atom is -0.497 e. The highest BCUT2D eigenvalue weighted by Gasteiger charge is 2.00. The molecular formula is C13H14N2O2. The minimum absolute atomic E-state index is 0.628. The maximum absolute atomic E-state index is 8.97. The molecular weight excluding hydrogens is 216 g/mol. The van der Waals surface area contributed by atoms with Gasteiger partial charge in [0.2, 0.25) is 0 Å². The van der Waals surface area contributed by atoms with Gasteiger partial charge in [0.05, 0.1) is 18.5 Å². The Morgan fingerprint density at radius 2 is 1.59 bits per heavy atom. The molecule has 3 N–H and O–H groups in total. The molecule has 0 saturated carbocycles. The van der Waals surface area contributed by atoms with Crippen molar-refractivity contribution in [3.63, 3.8) is 0 Å². The molecule has 88 valence electrons. The Bertz CT molecular complexity index is 483. The van der Waals surface area contributed by atoms with Crippen LogP contribution in [0.3, 0.4) is 0 Å². The Kier molecular flexibility index (Phi) is 3.47.